The Balaban J connectivity index is 1.83. The summed E-state index contributed by atoms with van der Waals surface area (Å²) >= 11 is 0. The summed E-state index contributed by atoms with van der Waals surface area (Å²) in [7, 11) is 1.69. The standard InChI is InChI=1S/C21H24N2O2/c1-25-21-12-6-5-11-20(21)23-13-7-10-19(23)17-22(14-15-24)16-18-8-3-2-4-9-18/h2-13,24H,14-17H2,1H3. The lowest BCUT2D eigenvalue weighted by Crippen LogP contribution is -2.27. The molecule has 0 radical (unpaired) electrons. The van der Waals surface area contributed by atoms with Crippen LogP contribution in [-0.2, 0) is 13.1 Å². The maximum Gasteiger partial charge on any atom is 0.142 e. The molecule has 1 N–H and O–H groups in total. The number of ether oxygens (including phenoxy) is 1. The Morgan fingerprint density at radius 1 is 0.920 bits per heavy atom. The Kier molecular flexibility index (Phi) is 5.88. The molecule has 0 aliphatic rings. The molecule has 0 aliphatic heterocycles. The summed E-state index contributed by atoms with van der Waals surface area (Å²) in [6.07, 6.45) is 2.05. The van der Waals surface area contributed by atoms with Crippen molar-refractivity contribution in [1.29, 1.82) is 0 Å². The molecule has 0 aliphatic carbocycles. The Bertz CT molecular complexity index is 783. The average molecular weight is 336 g/mol. The summed E-state index contributed by atoms with van der Waals surface area (Å²) in [5.41, 5.74) is 3.42. The molecule has 0 unspecified atom stereocenters. The number of nitrogens with zero attached hydrogens (tertiary/aromatic N) is 2. The van der Waals surface area contributed by atoms with Gasteiger partial charge in [-0.2, -0.15) is 0 Å². The van der Waals surface area contributed by atoms with Crippen molar-refractivity contribution in [3.05, 3.63) is 84.2 Å². The van der Waals surface area contributed by atoms with Gasteiger partial charge in [-0.3, -0.25) is 4.90 Å². The second-order valence-corrected chi connectivity index (χ2v) is 5.96. The van der Waals surface area contributed by atoms with Crippen molar-refractivity contribution in [2.45, 2.75) is 13.1 Å². The van der Waals surface area contributed by atoms with E-state index in [0.717, 1.165) is 30.2 Å². The quantitative estimate of drug-likeness (QED) is 0.684. The van der Waals surface area contributed by atoms with Crippen LogP contribution >= 0.6 is 0 Å². The van der Waals surface area contributed by atoms with Gasteiger partial charge in [0.15, 0.2) is 0 Å². The lowest BCUT2D eigenvalue weighted by Gasteiger charge is -2.23. The van der Waals surface area contributed by atoms with Gasteiger partial charge in [0.1, 0.15) is 5.75 Å². The van der Waals surface area contributed by atoms with Crippen LogP contribution < -0.4 is 4.74 Å². The van der Waals surface area contributed by atoms with E-state index in [2.05, 4.69) is 33.7 Å². The van der Waals surface area contributed by atoms with E-state index in [1.54, 1.807) is 7.11 Å². The van der Waals surface area contributed by atoms with Crippen molar-refractivity contribution in [3.63, 3.8) is 0 Å². The number of para-hydroxylation sites is 2. The minimum atomic E-state index is 0.141. The maximum atomic E-state index is 9.44. The van der Waals surface area contributed by atoms with Gasteiger partial charge in [0.05, 0.1) is 19.4 Å². The molecule has 0 amide bonds. The van der Waals surface area contributed by atoms with Crippen LogP contribution in [0.4, 0.5) is 0 Å². The van der Waals surface area contributed by atoms with Gasteiger partial charge in [0, 0.05) is 31.5 Å². The molecular formula is C21H24N2O2. The first-order valence-corrected chi connectivity index (χ1v) is 8.48. The molecule has 1 heterocycles. The smallest absolute Gasteiger partial charge is 0.142 e. The summed E-state index contributed by atoms with van der Waals surface area (Å²) in [6, 6.07) is 22.5. The molecule has 0 spiro atoms. The molecule has 130 valence electrons. The number of rotatable bonds is 8. The molecule has 0 bridgehead atoms. The second-order valence-electron chi connectivity index (χ2n) is 5.96. The van der Waals surface area contributed by atoms with E-state index < -0.39 is 0 Å². The first kappa shape index (κ1) is 17.3. The molecule has 2 aromatic carbocycles. The molecular weight excluding hydrogens is 312 g/mol. The normalized spacial score (nSPS) is 11.0. The number of aromatic nitrogens is 1. The van der Waals surface area contributed by atoms with E-state index in [-0.39, 0.29) is 6.61 Å². The molecule has 4 heteroatoms. The molecule has 25 heavy (non-hydrogen) atoms. The highest BCUT2D eigenvalue weighted by atomic mass is 16.5. The summed E-state index contributed by atoms with van der Waals surface area (Å²) in [6.45, 7) is 2.33. The molecule has 0 fully saturated rings. The number of aliphatic hydroxyl groups excluding tert-OH is 1. The predicted octanol–water partition coefficient (Wildman–Crippen LogP) is 3.48. The highest BCUT2D eigenvalue weighted by Gasteiger charge is 2.12. The summed E-state index contributed by atoms with van der Waals surface area (Å²) in [5, 5.41) is 9.44. The van der Waals surface area contributed by atoms with E-state index in [0.29, 0.717) is 6.54 Å². The number of hydrogen-bond donors (Lipinski definition) is 1. The Labute approximate surface area is 148 Å². The lowest BCUT2D eigenvalue weighted by molar-refractivity contribution is 0.182. The van der Waals surface area contributed by atoms with Crippen molar-refractivity contribution in [1.82, 2.24) is 9.47 Å². The zero-order valence-corrected chi connectivity index (χ0v) is 14.5. The van der Waals surface area contributed by atoms with E-state index in [4.69, 9.17) is 4.74 Å². The summed E-state index contributed by atoms with van der Waals surface area (Å²) < 4.78 is 7.64. The highest BCUT2D eigenvalue weighted by molar-refractivity contribution is 5.48. The van der Waals surface area contributed by atoms with Gasteiger partial charge in [0.25, 0.3) is 0 Å². The van der Waals surface area contributed by atoms with Crippen molar-refractivity contribution >= 4 is 0 Å². The SMILES string of the molecule is COc1ccccc1-n1cccc1CN(CCO)Cc1ccccc1. The fourth-order valence-corrected chi connectivity index (χ4v) is 3.04. The molecule has 4 nitrogen and oxygen atoms in total. The fourth-order valence-electron chi connectivity index (χ4n) is 3.04. The molecule has 3 rings (SSSR count). The van der Waals surface area contributed by atoms with E-state index in [1.165, 1.54) is 5.56 Å². The molecule has 0 saturated carbocycles. The van der Waals surface area contributed by atoms with Crippen LogP contribution in [0.3, 0.4) is 0 Å². The van der Waals surface area contributed by atoms with E-state index >= 15 is 0 Å². The predicted molar refractivity (Wildman–Crippen MR) is 100.0 cm³/mol. The Hall–Kier alpha value is -2.56. The number of aliphatic hydroxyl groups is 1. The van der Waals surface area contributed by atoms with Crippen LogP contribution in [0.5, 0.6) is 5.75 Å². The van der Waals surface area contributed by atoms with Gasteiger partial charge in [-0.05, 0) is 29.8 Å². The topological polar surface area (TPSA) is 37.6 Å². The zero-order valence-electron chi connectivity index (χ0n) is 14.5. The van der Waals surface area contributed by atoms with Crippen LogP contribution in [0.2, 0.25) is 0 Å². The van der Waals surface area contributed by atoms with Gasteiger partial charge in [-0.25, -0.2) is 0 Å². The average Bonchev–Trinajstić information content (AvgIpc) is 3.10. The van der Waals surface area contributed by atoms with Crippen molar-refractivity contribution in [3.8, 4) is 11.4 Å². The van der Waals surface area contributed by atoms with Crippen LogP contribution in [0, 0.1) is 0 Å². The third kappa shape index (κ3) is 4.29. The Morgan fingerprint density at radius 3 is 2.44 bits per heavy atom. The number of benzene rings is 2. The van der Waals surface area contributed by atoms with Gasteiger partial charge in [0.2, 0.25) is 0 Å². The highest BCUT2D eigenvalue weighted by Crippen LogP contribution is 2.24. The first-order chi connectivity index (χ1) is 12.3. The first-order valence-electron chi connectivity index (χ1n) is 8.48. The van der Waals surface area contributed by atoms with Gasteiger partial charge in [-0.1, -0.05) is 42.5 Å². The van der Waals surface area contributed by atoms with Crippen LogP contribution in [0.25, 0.3) is 5.69 Å². The summed E-state index contributed by atoms with van der Waals surface area (Å²) in [5.74, 6) is 0.844. The molecule has 0 saturated heterocycles. The van der Waals surface area contributed by atoms with Crippen LogP contribution in [-0.4, -0.2) is 34.8 Å². The number of methoxy groups -OCH3 is 1. The van der Waals surface area contributed by atoms with E-state index in [1.807, 2.05) is 48.7 Å². The third-order valence-corrected chi connectivity index (χ3v) is 4.23. The largest absolute Gasteiger partial charge is 0.495 e. The minimum absolute atomic E-state index is 0.141. The fraction of sp³-hybridized carbons (Fsp3) is 0.238. The Morgan fingerprint density at radius 2 is 1.68 bits per heavy atom. The second kappa shape index (κ2) is 8.51. The van der Waals surface area contributed by atoms with Gasteiger partial charge in [-0.15, -0.1) is 0 Å². The lowest BCUT2D eigenvalue weighted by atomic mass is 10.2. The third-order valence-electron chi connectivity index (χ3n) is 4.23. The molecule has 0 atom stereocenters. The molecule has 1 aromatic heterocycles. The minimum Gasteiger partial charge on any atom is -0.495 e. The maximum absolute atomic E-state index is 9.44. The van der Waals surface area contributed by atoms with Crippen molar-refractivity contribution in [2.24, 2.45) is 0 Å². The van der Waals surface area contributed by atoms with Gasteiger partial charge < -0.3 is 14.4 Å². The van der Waals surface area contributed by atoms with Crippen molar-refractivity contribution < 1.29 is 9.84 Å². The van der Waals surface area contributed by atoms with Crippen molar-refractivity contribution in [2.75, 3.05) is 20.3 Å². The number of hydrogen-bond acceptors (Lipinski definition) is 3. The monoisotopic (exact) mass is 336 g/mol. The van der Waals surface area contributed by atoms with E-state index in [9.17, 15) is 5.11 Å². The zero-order chi connectivity index (χ0) is 17.5. The van der Waals surface area contributed by atoms with Crippen LogP contribution in [0.1, 0.15) is 11.3 Å². The van der Waals surface area contributed by atoms with Crippen LogP contribution in [0.15, 0.2) is 72.9 Å². The van der Waals surface area contributed by atoms with Gasteiger partial charge >= 0.3 is 0 Å². The molecule has 3 aromatic rings. The summed E-state index contributed by atoms with van der Waals surface area (Å²) in [4.78, 5) is 2.25.